The Labute approximate surface area is 110 Å². The average molecular weight is 301 g/mol. The third-order valence-corrected chi connectivity index (χ3v) is 4.91. The standard InChI is InChI=1S/C12H17BrN2S/c1-16-10-4-2-9(3-5-10)15-12-6-7-14-8-11(12)13/h6-10H,2-5H2,1H3,(H,14,15). The van der Waals surface area contributed by atoms with Crippen molar-refractivity contribution in [2.75, 3.05) is 11.6 Å². The molecular weight excluding hydrogens is 284 g/mol. The molecule has 1 fully saturated rings. The Morgan fingerprint density at radius 1 is 1.38 bits per heavy atom. The van der Waals surface area contributed by atoms with Crippen LogP contribution in [0.5, 0.6) is 0 Å². The maximum atomic E-state index is 4.07. The first-order chi connectivity index (χ1) is 7.79. The molecule has 0 aliphatic heterocycles. The van der Waals surface area contributed by atoms with Gasteiger partial charge in [0.05, 0.1) is 10.2 Å². The molecule has 2 nitrogen and oxygen atoms in total. The Bertz CT molecular complexity index is 338. The van der Waals surface area contributed by atoms with Crippen molar-refractivity contribution in [3.8, 4) is 0 Å². The maximum absolute atomic E-state index is 4.07. The van der Waals surface area contributed by atoms with Crippen molar-refractivity contribution in [1.82, 2.24) is 4.98 Å². The van der Waals surface area contributed by atoms with Crippen molar-refractivity contribution in [1.29, 1.82) is 0 Å². The van der Waals surface area contributed by atoms with E-state index in [1.165, 1.54) is 31.4 Å². The summed E-state index contributed by atoms with van der Waals surface area (Å²) >= 11 is 5.53. The van der Waals surface area contributed by atoms with E-state index in [4.69, 9.17) is 0 Å². The minimum absolute atomic E-state index is 0.627. The Kier molecular flexibility index (Phi) is 4.53. The fourth-order valence-corrected chi connectivity index (χ4v) is 3.26. The first-order valence-electron chi connectivity index (χ1n) is 5.68. The van der Waals surface area contributed by atoms with Crippen molar-refractivity contribution < 1.29 is 0 Å². The molecule has 0 spiro atoms. The second-order valence-electron chi connectivity index (χ2n) is 4.21. The van der Waals surface area contributed by atoms with Crippen LogP contribution in [-0.4, -0.2) is 22.5 Å². The first kappa shape index (κ1) is 12.2. The third kappa shape index (κ3) is 3.14. The summed E-state index contributed by atoms with van der Waals surface area (Å²) < 4.78 is 1.06. The van der Waals surface area contributed by atoms with E-state index in [-0.39, 0.29) is 0 Å². The number of thioether (sulfide) groups is 1. The number of hydrogen-bond donors (Lipinski definition) is 1. The fourth-order valence-electron chi connectivity index (χ4n) is 2.16. The number of hydrogen-bond acceptors (Lipinski definition) is 3. The predicted octanol–water partition coefficient (Wildman–Crippen LogP) is 3.93. The van der Waals surface area contributed by atoms with Crippen molar-refractivity contribution in [3.63, 3.8) is 0 Å². The SMILES string of the molecule is CSC1CCC(Nc2ccncc2Br)CC1. The predicted molar refractivity (Wildman–Crippen MR) is 75.1 cm³/mol. The van der Waals surface area contributed by atoms with Crippen LogP contribution in [0, 0.1) is 0 Å². The molecule has 0 aromatic carbocycles. The molecule has 0 unspecified atom stereocenters. The molecule has 0 amide bonds. The largest absolute Gasteiger partial charge is 0.381 e. The molecule has 2 rings (SSSR count). The highest BCUT2D eigenvalue weighted by Crippen LogP contribution is 2.30. The van der Waals surface area contributed by atoms with Crippen molar-refractivity contribution in [2.45, 2.75) is 37.0 Å². The summed E-state index contributed by atoms with van der Waals surface area (Å²) in [5, 5.41) is 4.47. The molecule has 0 saturated heterocycles. The number of pyridine rings is 1. The molecule has 1 aliphatic carbocycles. The normalized spacial score (nSPS) is 25.4. The molecule has 1 aliphatic rings. The number of nitrogens with one attached hydrogen (secondary N) is 1. The zero-order valence-corrected chi connectivity index (χ0v) is 11.9. The Morgan fingerprint density at radius 2 is 2.12 bits per heavy atom. The van der Waals surface area contributed by atoms with Gasteiger partial charge in [-0.3, -0.25) is 4.98 Å². The second-order valence-corrected chi connectivity index (χ2v) is 6.20. The monoisotopic (exact) mass is 300 g/mol. The van der Waals surface area contributed by atoms with Gasteiger partial charge in [0.15, 0.2) is 0 Å². The van der Waals surface area contributed by atoms with Crippen LogP contribution in [0.3, 0.4) is 0 Å². The number of nitrogens with zero attached hydrogens (tertiary/aromatic N) is 1. The molecule has 88 valence electrons. The van der Waals surface area contributed by atoms with E-state index in [9.17, 15) is 0 Å². The van der Waals surface area contributed by atoms with Gasteiger partial charge in [-0.05, 0) is 53.9 Å². The molecule has 1 N–H and O–H groups in total. The van der Waals surface area contributed by atoms with Gasteiger partial charge in [-0.25, -0.2) is 0 Å². The summed E-state index contributed by atoms with van der Waals surface area (Å²) in [7, 11) is 0. The summed E-state index contributed by atoms with van der Waals surface area (Å²) in [6.07, 6.45) is 11.1. The van der Waals surface area contributed by atoms with Crippen molar-refractivity contribution >= 4 is 33.4 Å². The summed E-state index contributed by atoms with van der Waals surface area (Å²) in [4.78, 5) is 4.07. The lowest BCUT2D eigenvalue weighted by Crippen LogP contribution is -2.27. The molecule has 1 aromatic rings. The van der Waals surface area contributed by atoms with Gasteiger partial charge in [-0.15, -0.1) is 0 Å². The van der Waals surface area contributed by atoms with Crippen LogP contribution in [0.4, 0.5) is 5.69 Å². The molecule has 1 aromatic heterocycles. The van der Waals surface area contributed by atoms with Gasteiger partial charge in [-0.2, -0.15) is 11.8 Å². The first-order valence-corrected chi connectivity index (χ1v) is 7.76. The summed E-state index contributed by atoms with van der Waals surface area (Å²) in [5.74, 6) is 0. The topological polar surface area (TPSA) is 24.9 Å². The van der Waals surface area contributed by atoms with Gasteiger partial charge in [0.25, 0.3) is 0 Å². The van der Waals surface area contributed by atoms with Crippen LogP contribution in [0.2, 0.25) is 0 Å². The van der Waals surface area contributed by atoms with Crippen molar-refractivity contribution in [2.24, 2.45) is 0 Å². The summed E-state index contributed by atoms with van der Waals surface area (Å²) in [5.41, 5.74) is 1.17. The zero-order valence-electron chi connectivity index (χ0n) is 9.45. The van der Waals surface area contributed by atoms with Crippen LogP contribution in [0.1, 0.15) is 25.7 Å². The lowest BCUT2D eigenvalue weighted by Gasteiger charge is -2.29. The van der Waals surface area contributed by atoms with Gasteiger partial charge in [0.1, 0.15) is 0 Å². The molecule has 0 radical (unpaired) electrons. The summed E-state index contributed by atoms with van der Waals surface area (Å²) in [6.45, 7) is 0. The minimum atomic E-state index is 0.627. The highest BCUT2D eigenvalue weighted by Gasteiger charge is 2.20. The highest BCUT2D eigenvalue weighted by molar-refractivity contribution is 9.10. The Hall–Kier alpha value is -0.220. The van der Waals surface area contributed by atoms with E-state index >= 15 is 0 Å². The average Bonchev–Trinajstić information content (AvgIpc) is 2.33. The van der Waals surface area contributed by atoms with Gasteiger partial charge in [0, 0.05) is 23.7 Å². The quantitative estimate of drug-likeness (QED) is 0.915. The van der Waals surface area contributed by atoms with E-state index in [1.54, 1.807) is 0 Å². The summed E-state index contributed by atoms with van der Waals surface area (Å²) in [6, 6.07) is 2.66. The minimum Gasteiger partial charge on any atom is -0.381 e. The maximum Gasteiger partial charge on any atom is 0.0590 e. The number of anilines is 1. The zero-order chi connectivity index (χ0) is 11.4. The van der Waals surface area contributed by atoms with Crippen LogP contribution < -0.4 is 5.32 Å². The van der Waals surface area contributed by atoms with Crippen molar-refractivity contribution in [3.05, 3.63) is 22.9 Å². The molecular formula is C12H17BrN2S. The van der Waals surface area contributed by atoms with E-state index in [2.05, 4.69) is 32.5 Å². The molecule has 16 heavy (non-hydrogen) atoms. The number of halogens is 1. The van der Waals surface area contributed by atoms with E-state index in [0.717, 1.165) is 9.72 Å². The van der Waals surface area contributed by atoms with Gasteiger partial charge in [-0.1, -0.05) is 0 Å². The Balaban J connectivity index is 1.89. The van der Waals surface area contributed by atoms with Crippen LogP contribution in [0.25, 0.3) is 0 Å². The molecule has 0 bridgehead atoms. The van der Waals surface area contributed by atoms with Crippen LogP contribution in [0.15, 0.2) is 22.9 Å². The number of rotatable bonds is 3. The fraction of sp³-hybridized carbons (Fsp3) is 0.583. The Morgan fingerprint density at radius 3 is 2.75 bits per heavy atom. The molecule has 1 heterocycles. The highest BCUT2D eigenvalue weighted by atomic mass is 79.9. The van der Waals surface area contributed by atoms with Gasteiger partial charge >= 0.3 is 0 Å². The van der Waals surface area contributed by atoms with Gasteiger partial charge in [0.2, 0.25) is 0 Å². The second kappa shape index (κ2) is 5.92. The molecule has 0 atom stereocenters. The number of aromatic nitrogens is 1. The van der Waals surface area contributed by atoms with E-state index < -0.39 is 0 Å². The molecule has 4 heteroatoms. The third-order valence-electron chi connectivity index (χ3n) is 3.14. The lowest BCUT2D eigenvalue weighted by molar-refractivity contribution is 0.473. The van der Waals surface area contributed by atoms with Crippen LogP contribution >= 0.6 is 27.7 Å². The lowest BCUT2D eigenvalue weighted by atomic mass is 9.95. The van der Waals surface area contributed by atoms with Crippen LogP contribution in [-0.2, 0) is 0 Å². The smallest absolute Gasteiger partial charge is 0.0590 e. The van der Waals surface area contributed by atoms with E-state index in [1.807, 2.05) is 30.2 Å². The molecule has 1 saturated carbocycles. The van der Waals surface area contributed by atoms with Gasteiger partial charge < -0.3 is 5.32 Å². The van der Waals surface area contributed by atoms with E-state index in [0.29, 0.717) is 6.04 Å².